The molecule has 0 aliphatic rings. The summed E-state index contributed by atoms with van der Waals surface area (Å²) >= 11 is 2.09. The second-order valence-electron chi connectivity index (χ2n) is 5.08. The molecule has 0 aliphatic heterocycles. The zero-order valence-electron chi connectivity index (χ0n) is 10.9. The predicted molar refractivity (Wildman–Crippen MR) is 76.1 cm³/mol. The lowest BCUT2D eigenvalue weighted by molar-refractivity contribution is 0.424. The maximum absolute atomic E-state index is 2.34. The van der Waals surface area contributed by atoms with Gasteiger partial charge >= 0.3 is 0 Å². The molecule has 0 radical (unpaired) electrons. The average molecular weight is 236 g/mol. The minimum atomic E-state index is 0.747. The van der Waals surface area contributed by atoms with Gasteiger partial charge in [-0.1, -0.05) is 58.0 Å². The molecule has 0 nitrogen and oxygen atoms in total. The summed E-state index contributed by atoms with van der Waals surface area (Å²) in [5.74, 6) is 2.85. The molecule has 1 unspecified atom stereocenters. The molecule has 0 aliphatic carbocycles. The van der Waals surface area contributed by atoms with Crippen LogP contribution in [-0.4, -0.2) is 11.0 Å². The SMILES string of the molecule is CC(C)SCC(Cc1ccccc1)C(C)C. The number of hydrogen-bond acceptors (Lipinski definition) is 1. The first kappa shape index (κ1) is 13.6. The molecule has 1 aromatic rings. The standard InChI is InChI=1S/C15H24S/c1-12(2)15(11-16-13(3)4)10-14-8-6-5-7-9-14/h5-9,12-13,15H,10-11H2,1-4H3. The molecule has 0 fully saturated rings. The van der Waals surface area contributed by atoms with Gasteiger partial charge in [-0.05, 0) is 34.8 Å². The maximum Gasteiger partial charge on any atom is -0.000958 e. The Bertz CT molecular complexity index is 277. The lowest BCUT2D eigenvalue weighted by Crippen LogP contribution is -2.16. The fourth-order valence-electron chi connectivity index (χ4n) is 1.72. The molecule has 0 saturated heterocycles. The van der Waals surface area contributed by atoms with Crippen molar-refractivity contribution in [3.63, 3.8) is 0 Å². The highest BCUT2D eigenvalue weighted by Gasteiger charge is 2.14. The highest BCUT2D eigenvalue weighted by Crippen LogP contribution is 2.23. The smallest absolute Gasteiger partial charge is 0.000958 e. The molecular weight excluding hydrogens is 212 g/mol. The van der Waals surface area contributed by atoms with Crippen LogP contribution in [0.4, 0.5) is 0 Å². The first-order valence-corrected chi connectivity index (χ1v) is 7.30. The van der Waals surface area contributed by atoms with E-state index in [2.05, 4.69) is 69.8 Å². The third-order valence-corrected chi connectivity index (χ3v) is 4.21. The Kier molecular flexibility index (Phi) is 5.97. The summed E-state index contributed by atoms with van der Waals surface area (Å²) < 4.78 is 0. The van der Waals surface area contributed by atoms with Gasteiger partial charge in [0, 0.05) is 0 Å². The van der Waals surface area contributed by atoms with Crippen LogP contribution in [0, 0.1) is 11.8 Å². The molecule has 0 saturated carbocycles. The molecule has 1 heteroatoms. The topological polar surface area (TPSA) is 0 Å². The normalized spacial score (nSPS) is 13.4. The van der Waals surface area contributed by atoms with Gasteiger partial charge in [-0.15, -0.1) is 0 Å². The van der Waals surface area contributed by atoms with Gasteiger partial charge < -0.3 is 0 Å². The molecule has 0 amide bonds. The average Bonchev–Trinajstić information content (AvgIpc) is 2.25. The zero-order valence-corrected chi connectivity index (χ0v) is 11.8. The Morgan fingerprint density at radius 1 is 1.00 bits per heavy atom. The van der Waals surface area contributed by atoms with Gasteiger partial charge in [-0.25, -0.2) is 0 Å². The third-order valence-electron chi connectivity index (χ3n) is 2.93. The molecule has 0 N–H and O–H groups in total. The van der Waals surface area contributed by atoms with Crippen LogP contribution < -0.4 is 0 Å². The van der Waals surface area contributed by atoms with Crippen molar-refractivity contribution in [3.8, 4) is 0 Å². The Hall–Kier alpha value is -0.430. The predicted octanol–water partition coefficient (Wildman–Crippen LogP) is 4.64. The lowest BCUT2D eigenvalue weighted by atomic mass is 9.91. The Labute approximate surface area is 105 Å². The summed E-state index contributed by atoms with van der Waals surface area (Å²) in [7, 11) is 0. The van der Waals surface area contributed by atoms with Crippen LogP contribution in [0.2, 0.25) is 0 Å². The first-order chi connectivity index (χ1) is 7.59. The van der Waals surface area contributed by atoms with E-state index in [0.29, 0.717) is 0 Å². The molecule has 90 valence electrons. The number of rotatable bonds is 6. The van der Waals surface area contributed by atoms with E-state index >= 15 is 0 Å². The lowest BCUT2D eigenvalue weighted by Gasteiger charge is -2.21. The maximum atomic E-state index is 2.34. The molecule has 16 heavy (non-hydrogen) atoms. The van der Waals surface area contributed by atoms with Crippen molar-refractivity contribution in [2.45, 2.75) is 39.4 Å². The number of benzene rings is 1. The van der Waals surface area contributed by atoms with Crippen LogP contribution in [-0.2, 0) is 6.42 Å². The first-order valence-electron chi connectivity index (χ1n) is 6.25. The monoisotopic (exact) mass is 236 g/mol. The van der Waals surface area contributed by atoms with E-state index in [9.17, 15) is 0 Å². The van der Waals surface area contributed by atoms with Crippen molar-refractivity contribution >= 4 is 11.8 Å². The molecule has 0 aromatic heterocycles. The minimum Gasteiger partial charge on any atom is -0.159 e. The molecule has 1 aromatic carbocycles. The van der Waals surface area contributed by atoms with E-state index in [-0.39, 0.29) is 0 Å². The van der Waals surface area contributed by atoms with E-state index < -0.39 is 0 Å². The largest absolute Gasteiger partial charge is 0.159 e. The van der Waals surface area contributed by atoms with Gasteiger partial charge in [-0.3, -0.25) is 0 Å². The van der Waals surface area contributed by atoms with E-state index in [1.54, 1.807) is 0 Å². The van der Waals surface area contributed by atoms with Crippen LogP contribution in [0.5, 0.6) is 0 Å². The van der Waals surface area contributed by atoms with Crippen LogP contribution >= 0.6 is 11.8 Å². The molecule has 1 atom stereocenters. The molecular formula is C15H24S. The van der Waals surface area contributed by atoms with Crippen molar-refractivity contribution in [2.75, 3.05) is 5.75 Å². The summed E-state index contributed by atoms with van der Waals surface area (Å²) in [6.45, 7) is 9.25. The van der Waals surface area contributed by atoms with Crippen LogP contribution in [0.15, 0.2) is 30.3 Å². The van der Waals surface area contributed by atoms with E-state index in [1.807, 2.05) is 0 Å². The summed E-state index contributed by atoms with van der Waals surface area (Å²) in [4.78, 5) is 0. The van der Waals surface area contributed by atoms with Crippen LogP contribution in [0.1, 0.15) is 33.3 Å². The quantitative estimate of drug-likeness (QED) is 0.693. The van der Waals surface area contributed by atoms with E-state index in [0.717, 1.165) is 17.1 Å². The fourth-order valence-corrected chi connectivity index (χ4v) is 2.85. The summed E-state index contributed by atoms with van der Waals surface area (Å²) in [6, 6.07) is 10.9. The summed E-state index contributed by atoms with van der Waals surface area (Å²) in [5, 5.41) is 0.747. The van der Waals surface area contributed by atoms with Gasteiger partial charge in [0.25, 0.3) is 0 Å². The molecule has 1 rings (SSSR count). The van der Waals surface area contributed by atoms with Gasteiger partial charge in [-0.2, -0.15) is 11.8 Å². The summed E-state index contributed by atoms with van der Waals surface area (Å²) in [5.41, 5.74) is 1.48. The van der Waals surface area contributed by atoms with Crippen LogP contribution in [0.25, 0.3) is 0 Å². The van der Waals surface area contributed by atoms with Crippen molar-refractivity contribution in [1.29, 1.82) is 0 Å². The highest BCUT2D eigenvalue weighted by molar-refractivity contribution is 7.99. The highest BCUT2D eigenvalue weighted by atomic mass is 32.2. The van der Waals surface area contributed by atoms with Crippen molar-refractivity contribution in [3.05, 3.63) is 35.9 Å². The van der Waals surface area contributed by atoms with Crippen molar-refractivity contribution < 1.29 is 0 Å². The molecule has 0 spiro atoms. The second kappa shape index (κ2) is 7.01. The second-order valence-corrected chi connectivity index (χ2v) is 6.69. The van der Waals surface area contributed by atoms with E-state index in [1.165, 1.54) is 17.7 Å². The minimum absolute atomic E-state index is 0.747. The summed E-state index contributed by atoms with van der Waals surface area (Å²) in [6.07, 6.45) is 1.22. The Balaban J connectivity index is 2.51. The molecule has 0 heterocycles. The number of thioether (sulfide) groups is 1. The fraction of sp³-hybridized carbons (Fsp3) is 0.600. The van der Waals surface area contributed by atoms with Crippen molar-refractivity contribution in [1.82, 2.24) is 0 Å². The number of hydrogen-bond donors (Lipinski definition) is 0. The Morgan fingerprint density at radius 2 is 1.62 bits per heavy atom. The zero-order chi connectivity index (χ0) is 12.0. The Morgan fingerprint density at radius 3 is 2.12 bits per heavy atom. The van der Waals surface area contributed by atoms with Gasteiger partial charge in [0.15, 0.2) is 0 Å². The van der Waals surface area contributed by atoms with Gasteiger partial charge in [0.05, 0.1) is 0 Å². The van der Waals surface area contributed by atoms with Gasteiger partial charge in [0.2, 0.25) is 0 Å². The van der Waals surface area contributed by atoms with Crippen LogP contribution in [0.3, 0.4) is 0 Å². The molecule has 0 bridgehead atoms. The van der Waals surface area contributed by atoms with Gasteiger partial charge in [0.1, 0.15) is 0 Å². The third kappa shape index (κ3) is 5.07. The van der Waals surface area contributed by atoms with Crippen molar-refractivity contribution in [2.24, 2.45) is 11.8 Å². The van der Waals surface area contributed by atoms with E-state index in [4.69, 9.17) is 0 Å².